The van der Waals surface area contributed by atoms with E-state index in [0.717, 1.165) is 0 Å². The van der Waals surface area contributed by atoms with Gasteiger partial charge in [0.05, 0.1) is 91.2 Å². The summed E-state index contributed by atoms with van der Waals surface area (Å²) in [5, 5.41) is 16.3. The Morgan fingerprint density at radius 1 is 0.520 bits per heavy atom. The van der Waals surface area contributed by atoms with E-state index in [2.05, 4.69) is 43.0 Å². The molecule has 0 saturated carbocycles. The number of pyridine rings is 5. The molecule has 0 bridgehead atoms. The summed E-state index contributed by atoms with van der Waals surface area (Å²) in [7, 11) is -8.69. The fourth-order valence-electron chi connectivity index (χ4n) is 14.1. The van der Waals surface area contributed by atoms with E-state index in [1.54, 1.807) is 130 Å². The minimum atomic E-state index is -3.00. The number of nitrogen functional groups attached to an aromatic ring is 1. The number of hydrogen-bond acceptors (Lipinski definition) is 24. The summed E-state index contributed by atoms with van der Waals surface area (Å²) < 4.78 is 109. The number of Topliss-reactive ketones (excluding diaryl/α,β-unsaturated/α-hetero) is 2. The predicted octanol–water partition coefficient (Wildman–Crippen LogP) is 10.7. The first kappa shape index (κ1) is 77.4. The predicted molar refractivity (Wildman–Crippen MR) is 384 cm³/mol. The van der Waals surface area contributed by atoms with Gasteiger partial charge in [-0.05, 0) is 197 Å². The lowest BCUT2D eigenvalue weighted by atomic mass is 9.88. The molecule has 5 aromatic heterocycles. The van der Waals surface area contributed by atoms with Gasteiger partial charge in [-0.15, -0.1) is 0 Å². The average Bonchev–Trinajstić information content (AvgIpc) is 1.38. The van der Waals surface area contributed by atoms with Gasteiger partial charge in [-0.3, -0.25) is 54.1 Å². The van der Waals surface area contributed by atoms with E-state index in [4.69, 9.17) is 41.4 Å². The third kappa shape index (κ3) is 14.1. The van der Waals surface area contributed by atoms with Crippen molar-refractivity contribution in [3.8, 4) is 12.1 Å². The molecule has 9 atom stereocenters. The summed E-state index contributed by atoms with van der Waals surface area (Å²) in [5.41, 5.74) is 10.3. The molecule has 6 aliphatic rings. The van der Waals surface area contributed by atoms with Gasteiger partial charge in [0.1, 0.15) is 102 Å². The van der Waals surface area contributed by atoms with Crippen molar-refractivity contribution in [3.63, 3.8) is 0 Å². The third-order valence-electron chi connectivity index (χ3n) is 19.6. The molecule has 11 rings (SSSR count). The van der Waals surface area contributed by atoms with Crippen molar-refractivity contribution in [2.75, 3.05) is 25.4 Å². The Bertz CT molecular complexity index is 4920. The Hall–Kier alpha value is -8.74. The first-order chi connectivity index (χ1) is 47.2. The highest BCUT2D eigenvalue weighted by Crippen LogP contribution is 2.52. The summed E-state index contributed by atoms with van der Waals surface area (Å²) in [5.74, 6) is -3.18. The first-order valence-corrected chi connectivity index (χ1v) is 38.1. The van der Waals surface area contributed by atoms with E-state index in [9.17, 15) is 36.2 Å². The SMILES string of the molecule is CC(C)(C)OC(=O)CC1=N[C@](C)(c2nc(N)ccc2F)[C@@H]2CCN=[S@]2(=O)C1(C)C.Cc1cc(C#N)cnc1C(=O)Cc1ccc(F)c([C@@]2(C)N=C(CC(=O)OC(C)(C)C)C(C)(C)[S@@]3(=O)=NCC[C@@H]23)n1.Cc1cc(C#N)cnc1C(=O)Cc1ccc(F)c([C@@]2(C)N=C(N)C(C)(C)[S@@]3(=O)=NCC[C@@H]23)n1. The van der Waals surface area contributed by atoms with Crippen LogP contribution >= 0.6 is 0 Å². The van der Waals surface area contributed by atoms with Gasteiger partial charge in [0.25, 0.3) is 0 Å². The van der Waals surface area contributed by atoms with Crippen LogP contribution in [-0.2, 0) is 77.7 Å². The van der Waals surface area contributed by atoms with Crippen molar-refractivity contribution < 1.29 is 54.4 Å². The van der Waals surface area contributed by atoms with E-state index in [1.165, 1.54) is 48.8 Å². The van der Waals surface area contributed by atoms with E-state index in [-0.39, 0.29) is 77.4 Å². The molecule has 6 aliphatic heterocycles. The number of rotatable bonds is 13. The molecule has 11 heterocycles. The molecular formula is C72H88F3N15O9S3. The Kier molecular flexibility index (Phi) is 20.8. The fraction of sp³-hybridized carbons (Fsp3) is 0.528. The van der Waals surface area contributed by atoms with E-state index < -0.39 is 116 Å². The number of carbonyl (C=O) groups excluding carboxylic acids is 4. The highest BCUT2D eigenvalue weighted by molar-refractivity contribution is 7.97. The van der Waals surface area contributed by atoms with Crippen LogP contribution in [0.5, 0.6) is 0 Å². The van der Waals surface area contributed by atoms with Crippen LogP contribution in [0.1, 0.15) is 208 Å². The fourth-order valence-corrected chi connectivity index (χ4v) is 23.8. The molecule has 24 nitrogen and oxygen atoms in total. The van der Waals surface area contributed by atoms with E-state index in [1.807, 2.05) is 12.1 Å². The number of aromatic nitrogens is 5. The number of esters is 2. The molecule has 0 amide bonds. The van der Waals surface area contributed by atoms with Gasteiger partial charge in [-0.1, -0.05) is 0 Å². The minimum absolute atomic E-state index is 0.00517. The van der Waals surface area contributed by atoms with Gasteiger partial charge in [-0.25, -0.2) is 43.9 Å². The van der Waals surface area contributed by atoms with Crippen LogP contribution in [0.15, 0.2) is 89.0 Å². The van der Waals surface area contributed by atoms with Crippen molar-refractivity contribution in [1.82, 2.24) is 24.9 Å². The normalized spacial score (nSPS) is 27.7. The van der Waals surface area contributed by atoms with Gasteiger partial charge in [0.2, 0.25) is 0 Å². The van der Waals surface area contributed by atoms with Crippen molar-refractivity contribution in [2.24, 2.45) is 33.8 Å². The molecule has 0 spiro atoms. The molecular weight excluding hydrogens is 1370 g/mol. The molecule has 30 heteroatoms. The lowest BCUT2D eigenvalue weighted by molar-refractivity contribution is -0.154. The van der Waals surface area contributed by atoms with Crippen LogP contribution in [0.3, 0.4) is 0 Å². The molecule has 0 unspecified atom stereocenters. The second-order valence-corrected chi connectivity index (χ2v) is 39.2. The van der Waals surface area contributed by atoms with Gasteiger partial charge >= 0.3 is 11.9 Å². The number of ether oxygens (including phenoxy) is 2. The molecule has 544 valence electrons. The largest absolute Gasteiger partial charge is 0.460 e. The zero-order chi connectivity index (χ0) is 75.7. The van der Waals surface area contributed by atoms with E-state index in [0.29, 0.717) is 84.0 Å². The summed E-state index contributed by atoms with van der Waals surface area (Å²) in [4.78, 5) is 87.1. The lowest BCUT2D eigenvalue weighted by Crippen LogP contribution is -2.58. The number of aliphatic imine (C=N–C) groups is 3. The van der Waals surface area contributed by atoms with Crippen LogP contribution in [-0.4, -0.2) is 139 Å². The number of halogens is 3. The molecule has 0 saturated heterocycles. The number of nitrogens with zero attached hydrogens (tertiary/aromatic N) is 13. The Balaban J connectivity index is 0.000000180. The van der Waals surface area contributed by atoms with Gasteiger partial charge < -0.3 is 20.9 Å². The summed E-state index contributed by atoms with van der Waals surface area (Å²) in [6, 6.07) is 15.1. The average molecular weight is 1460 g/mol. The van der Waals surface area contributed by atoms with Gasteiger partial charge in [-0.2, -0.15) is 10.5 Å². The van der Waals surface area contributed by atoms with Gasteiger partial charge in [0, 0.05) is 54.8 Å². The van der Waals surface area contributed by atoms with Crippen molar-refractivity contribution in [3.05, 3.63) is 140 Å². The van der Waals surface area contributed by atoms with Crippen molar-refractivity contribution in [2.45, 2.75) is 220 Å². The topological polar surface area (TPSA) is 376 Å². The van der Waals surface area contributed by atoms with Crippen molar-refractivity contribution in [1.29, 1.82) is 10.5 Å². The minimum Gasteiger partial charge on any atom is -0.460 e. The number of nitrogens with two attached hydrogens (primary N) is 2. The number of nitriles is 2. The summed E-state index contributed by atoms with van der Waals surface area (Å²) >= 11 is 0. The number of aryl methyl sites for hydroxylation is 2. The smallest absolute Gasteiger partial charge is 0.312 e. The van der Waals surface area contributed by atoms with Crippen LogP contribution < -0.4 is 11.5 Å². The van der Waals surface area contributed by atoms with Crippen molar-refractivity contribution >= 4 is 75.8 Å². The van der Waals surface area contributed by atoms with Crippen LogP contribution in [0.2, 0.25) is 0 Å². The maximum atomic E-state index is 15.5. The molecule has 102 heavy (non-hydrogen) atoms. The van der Waals surface area contributed by atoms with Crippen LogP contribution in [0.25, 0.3) is 0 Å². The van der Waals surface area contributed by atoms with E-state index >= 15 is 8.78 Å². The van der Waals surface area contributed by atoms with Crippen LogP contribution in [0.4, 0.5) is 19.0 Å². The number of amidine groups is 1. The quantitative estimate of drug-likeness (QED) is 0.0817. The second-order valence-electron chi connectivity index (χ2n) is 30.2. The summed E-state index contributed by atoms with van der Waals surface area (Å²) in [6.45, 7) is 30.7. The molecule has 4 N–H and O–H groups in total. The number of ketones is 2. The lowest BCUT2D eigenvalue weighted by Gasteiger charge is -2.45. The monoisotopic (exact) mass is 1460 g/mol. The molecule has 0 radical (unpaired) electrons. The number of hydrogen-bond donors (Lipinski definition) is 2. The maximum Gasteiger partial charge on any atom is 0.312 e. The maximum absolute atomic E-state index is 15.5. The molecule has 0 fully saturated rings. The Morgan fingerprint density at radius 3 is 1.20 bits per heavy atom. The number of anilines is 1. The Morgan fingerprint density at radius 2 is 0.853 bits per heavy atom. The highest BCUT2D eigenvalue weighted by Gasteiger charge is 2.61. The number of fused-ring (bicyclic) bond motifs is 3. The zero-order valence-electron chi connectivity index (χ0n) is 60.6. The molecule has 0 aliphatic carbocycles. The first-order valence-electron chi connectivity index (χ1n) is 33.3. The highest BCUT2D eigenvalue weighted by atomic mass is 32.2. The molecule has 5 aromatic rings. The van der Waals surface area contributed by atoms with Crippen LogP contribution in [0, 0.1) is 54.0 Å². The standard InChI is InChI=1S/C29H34FN5O4S.C23H25FN6O2S.C20H29FN4O3S/c1-17-12-18(15-31)16-32-25(17)21(36)13-19-8-9-20(30)26(34-19)29(7)23-10-11-33-40(23,38)28(5,6)22(35-29)14-24(37)39-27(2,3)4;1-13-9-14(11-25)12-27-19(13)17(31)10-15-5-6-16(24)20(29-15)23(4)18-7-8-28-33(18,32)22(2,3)21(26)30-23;1-18(2,3)28-16(26)11-13-19(4,5)29(27)14(9-10-23-29)20(6,25-13)17-12(21)7-8-15(22)24-17/h8-9,12,16,23H,10-11,13-14H2,1-7H3;5-6,9,12,18H,7-8,10H2,1-4H3,(H2,26,30);7-8,14H,9-11H2,1-6H3,(H2,22,24)/t23-,29-,40+;18-,23-,33+;14-,20-,29+/m000/s1. The van der Waals surface area contributed by atoms with Gasteiger partial charge in [0.15, 0.2) is 11.6 Å². The zero-order valence-corrected chi connectivity index (χ0v) is 63.0. The third-order valence-corrected chi connectivity index (χ3v) is 30.7. The summed E-state index contributed by atoms with van der Waals surface area (Å²) in [6.07, 6.45) is 3.42. The molecule has 0 aromatic carbocycles. The number of carbonyl (C=O) groups is 4. The Labute approximate surface area is 594 Å². The second kappa shape index (κ2) is 27.5.